The Kier molecular flexibility index (Phi) is 3.08. The molecule has 2 heterocycles. The second kappa shape index (κ2) is 4.97. The molecule has 0 bridgehead atoms. The number of rotatable bonds is 3. The number of aromatic nitrogens is 3. The monoisotopic (exact) mass is 315 g/mol. The van der Waals surface area contributed by atoms with Gasteiger partial charge in [-0.1, -0.05) is 35.9 Å². The number of benzene rings is 1. The van der Waals surface area contributed by atoms with Crippen LogP contribution in [0.2, 0.25) is 5.02 Å². The van der Waals surface area contributed by atoms with Crippen LogP contribution in [0.5, 0.6) is 0 Å². The van der Waals surface area contributed by atoms with E-state index in [-0.39, 0.29) is 6.04 Å². The van der Waals surface area contributed by atoms with E-state index < -0.39 is 0 Å². The highest BCUT2D eigenvalue weighted by molar-refractivity contribution is 7.12. The molecule has 0 fully saturated rings. The molecule has 3 nitrogen and oxygen atoms in total. The van der Waals surface area contributed by atoms with Crippen LogP contribution >= 0.6 is 22.9 Å². The average molecular weight is 316 g/mol. The molecule has 0 N–H and O–H groups in total. The predicted octanol–water partition coefficient (Wildman–Crippen LogP) is 4.37. The first-order valence-corrected chi connectivity index (χ1v) is 8.16. The molecule has 106 valence electrons. The highest BCUT2D eigenvalue weighted by atomic mass is 35.5. The van der Waals surface area contributed by atoms with Crippen LogP contribution in [0.15, 0.2) is 36.7 Å². The Morgan fingerprint density at radius 2 is 2.24 bits per heavy atom. The molecule has 0 saturated carbocycles. The lowest BCUT2D eigenvalue weighted by Gasteiger charge is -2.09. The van der Waals surface area contributed by atoms with Crippen molar-refractivity contribution >= 4 is 22.9 Å². The molecule has 5 heteroatoms. The van der Waals surface area contributed by atoms with Gasteiger partial charge in [0, 0.05) is 29.5 Å². The van der Waals surface area contributed by atoms with E-state index in [0.717, 1.165) is 12.8 Å². The molecule has 0 amide bonds. The van der Waals surface area contributed by atoms with Crippen molar-refractivity contribution in [3.8, 4) is 11.3 Å². The Morgan fingerprint density at radius 3 is 3.05 bits per heavy atom. The summed E-state index contributed by atoms with van der Waals surface area (Å²) in [7, 11) is 0. The van der Waals surface area contributed by atoms with Crippen LogP contribution in [-0.2, 0) is 12.8 Å². The fourth-order valence-electron chi connectivity index (χ4n) is 2.80. The van der Waals surface area contributed by atoms with Crippen molar-refractivity contribution in [3.63, 3.8) is 0 Å². The Bertz CT molecular complexity index is 805. The molecule has 0 saturated heterocycles. The predicted molar refractivity (Wildman–Crippen MR) is 86.0 cm³/mol. The number of hydrogen-bond donors (Lipinski definition) is 0. The standard InChI is InChI=1S/C16H14ClN3S/c1-10(20-9-12(17)8-18-20)6-15-19-16-13-5-3-2-4-11(13)7-14(16)21-15/h2-5,8-10H,6-7H2,1H3/t10-/m0/s1. The molecule has 0 unspecified atom stereocenters. The summed E-state index contributed by atoms with van der Waals surface area (Å²) in [5, 5.41) is 6.13. The molecule has 0 aliphatic heterocycles. The highest BCUT2D eigenvalue weighted by Crippen LogP contribution is 2.39. The summed E-state index contributed by atoms with van der Waals surface area (Å²) < 4.78 is 1.91. The van der Waals surface area contributed by atoms with Gasteiger partial charge in [0.05, 0.1) is 28.0 Å². The number of fused-ring (bicyclic) bond motifs is 3. The maximum absolute atomic E-state index is 5.93. The third kappa shape index (κ3) is 2.28. The summed E-state index contributed by atoms with van der Waals surface area (Å²) in [4.78, 5) is 6.23. The van der Waals surface area contributed by atoms with Crippen molar-refractivity contribution in [2.24, 2.45) is 0 Å². The molecule has 0 radical (unpaired) electrons. The zero-order chi connectivity index (χ0) is 14.4. The molecule has 1 atom stereocenters. The summed E-state index contributed by atoms with van der Waals surface area (Å²) in [6.07, 6.45) is 5.45. The minimum atomic E-state index is 0.263. The van der Waals surface area contributed by atoms with Crippen LogP contribution < -0.4 is 0 Å². The minimum absolute atomic E-state index is 0.263. The normalized spacial score (nSPS) is 14.0. The van der Waals surface area contributed by atoms with Crippen molar-refractivity contribution in [2.75, 3.05) is 0 Å². The van der Waals surface area contributed by atoms with Crippen LogP contribution in [0.1, 0.15) is 28.4 Å². The third-order valence-corrected chi connectivity index (χ3v) is 5.13. The summed E-state index contributed by atoms with van der Waals surface area (Å²) in [5.74, 6) is 0. The van der Waals surface area contributed by atoms with Crippen LogP contribution in [0.3, 0.4) is 0 Å². The molecule has 1 aromatic carbocycles. The van der Waals surface area contributed by atoms with Crippen molar-refractivity contribution < 1.29 is 0 Å². The van der Waals surface area contributed by atoms with Crippen molar-refractivity contribution in [1.82, 2.24) is 14.8 Å². The zero-order valence-corrected chi connectivity index (χ0v) is 13.2. The van der Waals surface area contributed by atoms with Crippen molar-refractivity contribution in [1.29, 1.82) is 0 Å². The lowest BCUT2D eigenvalue weighted by Crippen LogP contribution is -2.08. The maximum Gasteiger partial charge on any atom is 0.0956 e. The maximum atomic E-state index is 5.93. The lowest BCUT2D eigenvalue weighted by atomic mass is 10.1. The molecule has 1 aliphatic carbocycles. The van der Waals surface area contributed by atoms with E-state index in [1.807, 2.05) is 22.2 Å². The number of nitrogens with zero attached hydrogens (tertiary/aromatic N) is 3. The Hall–Kier alpha value is -1.65. The van der Waals surface area contributed by atoms with Crippen LogP contribution in [0.4, 0.5) is 0 Å². The lowest BCUT2D eigenvalue weighted by molar-refractivity contribution is 0.488. The van der Waals surface area contributed by atoms with E-state index in [4.69, 9.17) is 16.6 Å². The minimum Gasteiger partial charge on any atom is -0.268 e. The van der Waals surface area contributed by atoms with Gasteiger partial charge in [-0.05, 0) is 12.5 Å². The summed E-state index contributed by atoms with van der Waals surface area (Å²) in [5.41, 5.74) is 3.87. The van der Waals surface area contributed by atoms with E-state index in [0.29, 0.717) is 5.02 Å². The largest absolute Gasteiger partial charge is 0.268 e. The Balaban J connectivity index is 1.59. The summed E-state index contributed by atoms with van der Waals surface area (Å²) >= 11 is 7.75. The number of thiazole rings is 1. The van der Waals surface area contributed by atoms with Gasteiger partial charge in [-0.25, -0.2) is 4.98 Å². The zero-order valence-electron chi connectivity index (χ0n) is 11.6. The van der Waals surface area contributed by atoms with Gasteiger partial charge in [0.15, 0.2) is 0 Å². The van der Waals surface area contributed by atoms with Gasteiger partial charge in [-0.15, -0.1) is 11.3 Å². The molecular weight excluding hydrogens is 302 g/mol. The number of halogens is 1. The number of hydrogen-bond acceptors (Lipinski definition) is 3. The van der Waals surface area contributed by atoms with Gasteiger partial charge in [0.25, 0.3) is 0 Å². The van der Waals surface area contributed by atoms with Gasteiger partial charge in [-0.3, -0.25) is 4.68 Å². The molecule has 2 aromatic heterocycles. The smallest absolute Gasteiger partial charge is 0.0956 e. The van der Waals surface area contributed by atoms with Crippen LogP contribution in [0, 0.1) is 0 Å². The summed E-state index contributed by atoms with van der Waals surface area (Å²) in [6, 6.07) is 8.80. The third-order valence-electron chi connectivity index (χ3n) is 3.86. The van der Waals surface area contributed by atoms with Gasteiger partial charge in [-0.2, -0.15) is 5.10 Å². The quantitative estimate of drug-likeness (QED) is 0.562. The molecular formula is C16H14ClN3S. The molecule has 21 heavy (non-hydrogen) atoms. The average Bonchev–Trinajstić information content (AvgIpc) is 3.12. The highest BCUT2D eigenvalue weighted by Gasteiger charge is 2.23. The van der Waals surface area contributed by atoms with Crippen LogP contribution in [0.25, 0.3) is 11.3 Å². The van der Waals surface area contributed by atoms with Crippen molar-refractivity contribution in [3.05, 3.63) is 57.1 Å². The molecule has 3 aromatic rings. The van der Waals surface area contributed by atoms with E-state index in [2.05, 4.69) is 36.3 Å². The fourth-order valence-corrected chi connectivity index (χ4v) is 4.17. The van der Waals surface area contributed by atoms with E-state index in [1.165, 1.54) is 26.7 Å². The fraction of sp³-hybridized carbons (Fsp3) is 0.250. The van der Waals surface area contributed by atoms with Gasteiger partial charge in [0.1, 0.15) is 0 Å². The van der Waals surface area contributed by atoms with E-state index in [9.17, 15) is 0 Å². The first-order chi connectivity index (χ1) is 10.2. The first-order valence-electron chi connectivity index (χ1n) is 6.97. The van der Waals surface area contributed by atoms with Gasteiger partial charge < -0.3 is 0 Å². The van der Waals surface area contributed by atoms with Crippen molar-refractivity contribution in [2.45, 2.75) is 25.8 Å². The topological polar surface area (TPSA) is 30.7 Å². The Labute approximate surface area is 132 Å². The summed E-state index contributed by atoms with van der Waals surface area (Å²) in [6.45, 7) is 2.14. The molecule has 1 aliphatic rings. The second-order valence-electron chi connectivity index (χ2n) is 5.41. The Morgan fingerprint density at radius 1 is 1.38 bits per heavy atom. The van der Waals surface area contributed by atoms with E-state index >= 15 is 0 Å². The van der Waals surface area contributed by atoms with Crippen LogP contribution in [-0.4, -0.2) is 14.8 Å². The van der Waals surface area contributed by atoms with Gasteiger partial charge >= 0.3 is 0 Å². The molecule has 0 spiro atoms. The second-order valence-corrected chi connectivity index (χ2v) is 7.01. The molecule has 4 rings (SSSR count). The SMILES string of the molecule is C[C@@H](Cc1nc2c(s1)Cc1ccccc1-2)n1cc(Cl)cn1. The van der Waals surface area contributed by atoms with E-state index in [1.54, 1.807) is 6.20 Å². The first kappa shape index (κ1) is 13.0. The van der Waals surface area contributed by atoms with Gasteiger partial charge in [0.2, 0.25) is 0 Å².